The molecule has 0 saturated carbocycles. The molecule has 1 atom stereocenters. The number of Topliss-reactive ketones (excluding diaryl/α,β-unsaturated/α-hetero) is 1. The molecular weight excluding hydrogens is 425 g/mol. The third-order valence-corrected chi connectivity index (χ3v) is 5.63. The topological polar surface area (TPSA) is 87.1 Å². The van der Waals surface area contributed by atoms with Gasteiger partial charge in [0.25, 0.3) is 11.7 Å². The summed E-state index contributed by atoms with van der Waals surface area (Å²) in [6.07, 6.45) is 0. The fraction of sp³-hybridized carbons (Fsp3) is 0.154. The van der Waals surface area contributed by atoms with Crippen molar-refractivity contribution in [3.05, 3.63) is 100 Å². The van der Waals surface area contributed by atoms with E-state index in [-0.39, 0.29) is 23.6 Å². The zero-order valence-corrected chi connectivity index (χ0v) is 18.1. The molecule has 3 aromatic carbocycles. The Hall–Kier alpha value is -4.13. The number of carbonyl (C=O) groups excluding carboxylic acids is 2. The number of carbonyl (C=O) groups is 2. The van der Waals surface area contributed by atoms with Gasteiger partial charge in [0, 0.05) is 6.54 Å². The molecule has 0 radical (unpaired) electrons. The van der Waals surface area contributed by atoms with E-state index in [1.807, 2.05) is 6.92 Å². The van der Waals surface area contributed by atoms with Gasteiger partial charge in [-0.25, -0.2) is 4.39 Å². The Bertz CT molecular complexity index is 1250. The number of aliphatic hydroxyl groups is 1. The molecule has 1 amide bonds. The van der Waals surface area contributed by atoms with E-state index >= 15 is 0 Å². The molecule has 3 aromatic rings. The van der Waals surface area contributed by atoms with Crippen LogP contribution in [-0.4, -0.2) is 33.9 Å². The van der Waals surface area contributed by atoms with Gasteiger partial charge in [-0.1, -0.05) is 35.9 Å². The first-order valence-electron chi connectivity index (χ1n) is 10.3. The lowest BCUT2D eigenvalue weighted by atomic mass is 9.94. The summed E-state index contributed by atoms with van der Waals surface area (Å²) in [7, 11) is 1.45. The van der Waals surface area contributed by atoms with Crippen molar-refractivity contribution in [3.8, 4) is 11.5 Å². The van der Waals surface area contributed by atoms with Gasteiger partial charge in [0.1, 0.15) is 23.1 Å². The summed E-state index contributed by atoms with van der Waals surface area (Å²) < 4.78 is 18.7. The number of hydrogen-bond donors (Lipinski definition) is 2. The van der Waals surface area contributed by atoms with Crippen molar-refractivity contribution in [2.24, 2.45) is 0 Å². The Morgan fingerprint density at radius 1 is 1.03 bits per heavy atom. The van der Waals surface area contributed by atoms with Gasteiger partial charge < -0.3 is 19.8 Å². The number of amides is 1. The van der Waals surface area contributed by atoms with Crippen LogP contribution in [0.2, 0.25) is 0 Å². The Morgan fingerprint density at radius 2 is 1.70 bits per heavy atom. The summed E-state index contributed by atoms with van der Waals surface area (Å²) in [5, 5.41) is 21.0. The fourth-order valence-corrected chi connectivity index (χ4v) is 3.98. The Kier molecular flexibility index (Phi) is 5.87. The summed E-state index contributed by atoms with van der Waals surface area (Å²) in [6.45, 7) is 1.86. The minimum atomic E-state index is -0.916. The zero-order chi connectivity index (χ0) is 23.7. The van der Waals surface area contributed by atoms with Gasteiger partial charge in [-0.2, -0.15) is 0 Å². The van der Waals surface area contributed by atoms with Crippen LogP contribution in [0, 0.1) is 12.7 Å². The SMILES string of the molecule is COc1ccc(C)cc1/C(O)=C1\C(=O)C(=O)N(Cc2ccc(F)cc2)C1c1ccc(O)cc1. The predicted molar refractivity (Wildman–Crippen MR) is 120 cm³/mol. The molecule has 33 heavy (non-hydrogen) atoms. The molecule has 1 heterocycles. The average Bonchev–Trinajstić information content (AvgIpc) is 3.05. The maximum atomic E-state index is 13.4. The van der Waals surface area contributed by atoms with E-state index in [0.29, 0.717) is 22.4 Å². The predicted octanol–water partition coefficient (Wildman–Crippen LogP) is 4.47. The van der Waals surface area contributed by atoms with Crippen molar-refractivity contribution in [1.29, 1.82) is 0 Å². The van der Waals surface area contributed by atoms with Crippen molar-refractivity contribution in [3.63, 3.8) is 0 Å². The van der Waals surface area contributed by atoms with Crippen LogP contribution in [-0.2, 0) is 16.1 Å². The number of rotatable bonds is 5. The minimum absolute atomic E-state index is 0.0228. The second-order valence-electron chi connectivity index (χ2n) is 7.85. The highest BCUT2D eigenvalue weighted by Gasteiger charge is 2.46. The number of ketones is 1. The minimum Gasteiger partial charge on any atom is -0.508 e. The molecule has 1 aliphatic heterocycles. The Balaban J connectivity index is 1.89. The summed E-state index contributed by atoms with van der Waals surface area (Å²) >= 11 is 0. The average molecular weight is 447 g/mol. The molecule has 0 bridgehead atoms. The molecule has 6 nitrogen and oxygen atoms in total. The van der Waals surface area contributed by atoms with Crippen LogP contribution in [0.5, 0.6) is 11.5 Å². The number of benzene rings is 3. The normalized spacial score (nSPS) is 17.4. The first-order valence-corrected chi connectivity index (χ1v) is 10.3. The Morgan fingerprint density at radius 3 is 2.33 bits per heavy atom. The molecule has 1 fully saturated rings. The van der Waals surface area contributed by atoms with Crippen molar-refractivity contribution >= 4 is 17.4 Å². The highest BCUT2D eigenvalue weighted by atomic mass is 19.1. The molecule has 1 aliphatic rings. The van der Waals surface area contributed by atoms with Gasteiger partial charge in [0.15, 0.2) is 0 Å². The van der Waals surface area contributed by atoms with E-state index in [1.54, 1.807) is 30.3 Å². The number of phenolic OH excluding ortho intramolecular Hbond substituents is 1. The van der Waals surface area contributed by atoms with E-state index in [4.69, 9.17) is 4.74 Å². The number of phenols is 1. The number of nitrogens with zero attached hydrogens (tertiary/aromatic N) is 1. The molecule has 1 unspecified atom stereocenters. The monoisotopic (exact) mass is 447 g/mol. The first-order chi connectivity index (χ1) is 15.8. The van der Waals surface area contributed by atoms with Crippen LogP contribution in [0.1, 0.15) is 28.3 Å². The second-order valence-corrected chi connectivity index (χ2v) is 7.85. The Labute approximate surface area is 190 Å². The third kappa shape index (κ3) is 4.17. The summed E-state index contributed by atoms with van der Waals surface area (Å²) in [4.78, 5) is 27.6. The van der Waals surface area contributed by atoms with Gasteiger partial charge in [-0.05, 0) is 54.4 Å². The van der Waals surface area contributed by atoms with Crippen LogP contribution < -0.4 is 4.74 Å². The van der Waals surface area contributed by atoms with Crippen LogP contribution in [0.4, 0.5) is 4.39 Å². The standard InChI is InChI=1S/C26H22FNO5/c1-15-3-12-21(33-2)20(13-15)24(30)22-23(17-6-10-19(29)11-7-17)28(26(32)25(22)31)14-16-4-8-18(27)9-5-16/h3-13,23,29-30H,14H2,1-2H3/b24-22+. The van der Waals surface area contributed by atoms with E-state index < -0.39 is 23.5 Å². The van der Waals surface area contributed by atoms with Crippen molar-refractivity contribution < 1.29 is 28.9 Å². The molecule has 4 rings (SSSR count). The van der Waals surface area contributed by atoms with Gasteiger partial charge in [-0.3, -0.25) is 9.59 Å². The van der Waals surface area contributed by atoms with Gasteiger partial charge in [0.05, 0.1) is 24.3 Å². The quantitative estimate of drug-likeness (QED) is 0.342. The fourth-order valence-electron chi connectivity index (χ4n) is 3.98. The van der Waals surface area contributed by atoms with Crippen LogP contribution in [0.15, 0.2) is 72.3 Å². The van der Waals surface area contributed by atoms with Crippen molar-refractivity contribution in [1.82, 2.24) is 4.90 Å². The number of hydrogen-bond acceptors (Lipinski definition) is 5. The number of halogens is 1. The molecular formula is C26H22FNO5. The molecule has 1 saturated heterocycles. The molecule has 0 spiro atoms. The molecule has 0 aliphatic carbocycles. The smallest absolute Gasteiger partial charge is 0.295 e. The number of likely N-dealkylation sites (tertiary alicyclic amines) is 1. The van der Waals surface area contributed by atoms with Crippen LogP contribution in [0.3, 0.4) is 0 Å². The summed E-state index contributed by atoms with van der Waals surface area (Å²) in [5.74, 6) is -2.01. The van der Waals surface area contributed by atoms with E-state index in [0.717, 1.165) is 5.56 Å². The van der Waals surface area contributed by atoms with E-state index in [9.17, 15) is 24.2 Å². The largest absolute Gasteiger partial charge is 0.508 e. The van der Waals surface area contributed by atoms with Crippen LogP contribution >= 0.6 is 0 Å². The van der Waals surface area contributed by atoms with Gasteiger partial charge in [0.2, 0.25) is 0 Å². The number of ether oxygens (including phenoxy) is 1. The first kappa shape index (κ1) is 22.1. The maximum absolute atomic E-state index is 13.4. The third-order valence-electron chi connectivity index (χ3n) is 5.63. The number of methoxy groups -OCH3 is 1. The lowest BCUT2D eigenvalue weighted by molar-refractivity contribution is -0.140. The lowest BCUT2D eigenvalue weighted by Gasteiger charge is -2.25. The van der Waals surface area contributed by atoms with E-state index in [1.165, 1.54) is 48.4 Å². The number of aryl methyl sites for hydroxylation is 1. The van der Waals surface area contributed by atoms with Crippen molar-refractivity contribution in [2.45, 2.75) is 19.5 Å². The van der Waals surface area contributed by atoms with Gasteiger partial charge >= 0.3 is 0 Å². The number of aliphatic hydroxyl groups excluding tert-OH is 1. The lowest BCUT2D eigenvalue weighted by Crippen LogP contribution is -2.29. The summed E-state index contributed by atoms with van der Waals surface area (Å²) in [5.41, 5.74) is 2.19. The molecule has 168 valence electrons. The van der Waals surface area contributed by atoms with E-state index in [2.05, 4.69) is 0 Å². The van der Waals surface area contributed by atoms with Gasteiger partial charge in [-0.15, -0.1) is 0 Å². The second kappa shape index (κ2) is 8.78. The highest BCUT2D eigenvalue weighted by molar-refractivity contribution is 6.46. The molecule has 2 N–H and O–H groups in total. The highest BCUT2D eigenvalue weighted by Crippen LogP contribution is 2.42. The molecule has 0 aromatic heterocycles. The van der Waals surface area contributed by atoms with Crippen LogP contribution in [0.25, 0.3) is 5.76 Å². The maximum Gasteiger partial charge on any atom is 0.295 e. The number of aromatic hydroxyl groups is 1. The van der Waals surface area contributed by atoms with Crippen molar-refractivity contribution in [2.75, 3.05) is 7.11 Å². The zero-order valence-electron chi connectivity index (χ0n) is 18.1. The molecule has 7 heteroatoms. The summed E-state index contributed by atoms with van der Waals surface area (Å²) in [6, 6.07) is 15.9.